The van der Waals surface area contributed by atoms with Crippen LogP contribution < -0.4 is 11.5 Å². The molecule has 0 amide bonds. The molecule has 0 bridgehead atoms. The SMILES string of the molecule is Cc1cc(C(c2cc(C)c(N)c(C(O)(C(F)(F)F)C(F)(F)F)c2)C(F)(F)F)cc(C(O)(C(F)(F)F)C(F)(F)F)c1N. The van der Waals surface area contributed by atoms with Crippen LogP contribution in [-0.4, -0.2) is 41.1 Å². The molecular formula is C22H17F15N2O2. The minimum absolute atomic E-state index is 0.273. The highest BCUT2D eigenvalue weighted by molar-refractivity contribution is 5.62. The van der Waals surface area contributed by atoms with E-state index in [1.807, 2.05) is 0 Å². The zero-order valence-corrected chi connectivity index (χ0v) is 20.1. The number of aryl methyl sites for hydroxylation is 2. The second-order valence-electron chi connectivity index (χ2n) is 8.98. The lowest BCUT2D eigenvalue weighted by Crippen LogP contribution is -2.54. The van der Waals surface area contributed by atoms with E-state index in [9.17, 15) is 76.1 Å². The lowest BCUT2D eigenvalue weighted by atomic mass is 9.80. The van der Waals surface area contributed by atoms with Gasteiger partial charge in [0.25, 0.3) is 11.2 Å². The molecule has 232 valence electrons. The van der Waals surface area contributed by atoms with E-state index in [0.717, 1.165) is 0 Å². The molecule has 0 aliphatic carbocycles. The summed E-state index contributed by atoms with van der Waals surface area (Å²) in [6.07, 6.45) is -32.3. The van der Waals surface area contributed by atoms with Gasteiger partial charge in [-0.15, -0.1) is 0 Å². The lowest BCUT2D eigenvalue weighted by molar-refractivity contribution is -0.376. The van der Waals surface area contributed by atoms with Crippen molar-refractivity contribution in [3.05, 3.63) is 57.6 Å². The summed E-state index contributed by atoms with van der Waals surface area (Å²) in [6.45, 7) is 1.27. The van der Waals surface area contributed by atoms with Gasteiger partial charge in [-0.3, -0.25) is 0 Å². The molecule has 0 spiro atoms. The molecule has 0 unspecified atom stereocenters. The van der Waals surface area contributed by atoms with Crippen LogP contribution in [0.25, 0.3) is 0 Å². The lowest BCUT2D eigenvalue weighted by Gasteiger charge is -2.35. The van der Waals surface area contributed by atoms with Gasteiger partial charge in [-0.25, -0.2) is 0 Å². The fourth-order valence-corrected chi connectivity index (χ4v) is 4.09. The molecule has 0 atom stereocenters. The average molecular weight is 626 g/mol. The van der Waals surface area contributed by atoms with E-state index in [4.69, 9.17) is 11.5 Å². The van der Waals surface area contributed by atoms with Gasteiger partial charge in [0.05, 0.1) is 0 Å². The van der Waals surface area contributed by atoms with E-state index in [-0.39, 0.29) is 12.1 Å². The summed E-state index contributed by atoms with van der Waals surface area (Å²) in [7, 11) is 0. The third kappa shape index (κ3) is 5.44. The molecule has 19 heteroatoms. The van der Waals surface area contributed by atoms with Crippen LogP contribution in [0, 0.1) is 13.8 Å². The topological polar surface area (TPSA) is 92.5 Å². The van der Waals surface area contributed by atoms with Gasteiger partial charge in [0, 0.05) is 22.5 Å². The molecule has 41 heavy (non-hydrogen) atoms. The third-order valence-electron chi connectivity index (χ3n) is 6.23. The van der Waals surface area contributed by atoms with Gasteiger partial charge in [0.15, 0.2) is 0 Å². The predicted molar refractivity (Wildman–Crippen MR) is 111 cm³/mol. The summed E-state index contributed by atoms with van der Waals surface area (Å²) in [5.74, 6) is -3.52. The first kappa shape index (κ1) is 34.1. The van der Waals surface area contributed by atoms with Gasteiger partial charge >= 0.3 is 30.9 Å². The number of hydrogen-bond acceptors (Lipinski definition) is 4. The number of aliphatic hydroxyl groups is 2. The number of halogens is 15. The molecule has 0 saturated heterocycles. The second-order valence-corrected chi connectivity index (χ2v) is 8.98. The van der Waals surface area contributed by atoms with Crippen LogP contribution in [-0.2, 0) is 11.2 Å². The molecule has 6 N–H and O–H groups in total. The van der Waals surface area contributed by atoms with Gasteiger partial charge in [0.1, 0.15) is 5.92 Å². The van der Waals surface area contributed by atoms with Crippen LogP contribution in [0.15, 0.2) is 24.3 Å². The number of anilines is 2. The van der Waals surface area contributed by atoms with Crippen LogP contribution in [0.2, 0.25) is 0 Å². The van der Waals surface area contributed by atoms with Gasteiger partial charge in [-0.05, 0) is 48.2 Å². The number of rotatable bonds is 4. The van der Waals surface area contributed by atoms with Crippen LogP contribution in [0.1, 0.15) is 39.3 Å². The fourth-order valence-electron chi connectivity index (χ4n) is 4.09. The molecule has 2 aromatic rings. The number of benzene rings is 2. The molecular weight excluding hydrogens is 609 g/mol. The predicted octanol–water partition coefficient (Wildman–Crippen LogP) is 6.79. The number of hydrogen-bond donors (Lipinski definition) is 4. The summed E-state index contributed by atoms with van der Waals surface area (Å²) in [6, 6.07) is -0.385. The Kier molecular flexibility index (Phi) is 8.10. The van der Waals surface area contributed by atoms with Crippen molar-refractivity contribution in [2.75, 3.05) is 11.5 Å². The third-order valence-corrected chi connectivity index (χ3v) is 6.23. The Morgan fingerprint density at radius 1 is 0.512 bits per heavy atom. The van der Waals surface area contributed by atoms with E-state index < -0.39 is 105 Å². The summed E-state index contributed by atoms with van der Waals surface area (Å²) in [5.41, 5.74) is -13.8. The van der Waals surface area contributed by atoms with Crippen molar-refractivity contribution in [1.82, 2.24) is 0 Å². The summed E-state index contributed by atoms with van der Waals surface area (Å²) >= 11 is 0. The van der Waals surface area contributed by atoms with Crippen LogP contribution in [0.3, 0.4) is 0 Å². The maximum atomic E-state index is 14.3. The average Bonchev–Trinajstić information content (AvgIpc) is 2.73. The molecule has 0 saturated carbocycles. The van der Waals surface area contributed by atoms with Gasteiger partial charge in [0.2, 0.25) is 0 Å². The standard InChI is InChI=1S/C22H17F15N2O2/c1-7-3-9(5-11(14(7)38)16(40,19(26,27)28)20(29,30)31)13(18(23,24)25)10-4-8(2)15(39)12(6-10)17(41,21(32,33)34)22(35,36)37/h3-6,13,40-41H,38-39H2,1-2H3. The highest BCUT2D eigenvalue weighted by atomic mass is 19.4. The Hall–Kier alpha value is -3.09. The number of nitrogen functional groups attached to an aromatic ring is 2. The maximum absolute atomic E-state index is 14.3. The van der Waals surface area contributed by atoms with E-state index in [2.05, 4.69) is 0 Å². The van der Waals surface area contributed by atoms with Crippen molar-refractivity contribution < 1.29 is 76.1 Å². The Labute approximate surface area is 219 Å². The molecule has 0 heterocycles. The highest BCUT2D eigenvalue weighted by Gasteiger charge is 2.73. The molecule has 0 aromatic heterocycles. The first-order valence-corrected chi connectivity index (χ1v) is 10.5. The van der Waals surface area contributed by atoms with E-state index in [0.29, 0.717) is 13.8 Å². The van der Waals surface area contributed by atoms with Gasteiger partial charge in [-0.1, -0.05) is 12.1 Å². The van der Waals surface area contributed by atoms with E-state index >= 15 is 0 Å². The molecule has 0 fully saturated rings. The Morgan fingerprint density at radius 2 is 0.756 bits per heavy atom. The molecule has 2 aromatic carbocycles. The smallest absolute Gasteiger partial charge is 0.398 e. The normalized spacial score (nSPS) is 14.6. The Balaban J connectivity index is 3.09. The van der Waals surface area contributed by atoms with Crippen molar-refractivity contribution in [2.45, 2.75) is 61.8 Å². The number of nitrogens with two attached hydrogens (primary N) is 2. The molecule has 4 nitrogen and oxygen atoms in total. The zero-order valence-electron chi connectivity index (χ0n) is 20.1. The molecule has 0 aliphatic heterocycles. The Morgan fingerprint density at radius 3 is 0.951 bits per heavy atom. The van der Waals surface area contributed by atoms with Gasteiger partial charge in [-0.2, -0.15) is 65.9 Å². The second kappa shape index (κ2) is 9.74. The van der Waals surface area contributed by atoms with Crippen molar-refractivity contribution in [3.8, 4) is 0 Å². The largest absolute Gasteiger partial charge is 0.430 e. The zero-order chi connectivity index (χ0) is 32.5. The van der Waals surface area contributed by atoms with Crippen LogP contribution >= 0.6 is 0 Å². The summed E-state index contributed by atoms with van der Waals surface area (Å²) in [5, 5.41) is 19.5. The van der Waals surface area contributed by atoms with Gasteiger partial charge < -0.3 is 21.7 Å². The van der Waals surface area contributed by atoms with E-state index in [1.54, 1.807) is 0 Å². The minimum atomic E-state index is -6.63. The summed E-state index contributed by atoms with van der Waals surface area (Å²) in [4.78, 5) is 0. The van der Waals surface area contributed by atoms with Crippen LogP contribution in [0.5, 0.6) is 0 Å². The molecule has 0 radical (unpaired) electrons. The Bertz CT molecular complexity index is 1180. The van der Waals surface area contributed by atoms with Crippen LogP contribution in [0.4, 0.5) is 77.2 Å². The monoisotopic (exact) mass is 626 g/mol. The quantitative estimate of drug-likeness (QED) is 0.222. The van der Waals surface area contributed by atoms with E-state index in [1.165, 1.54) is 0 Å². The van der Waals surface area contributed by atoms with Crippen molar-refractivity contribution in [1.29, 1.82) is 0 Å². The molecule has 0 aliphatic rings. The van der Waals surface area contributed by atoms with Crippen molar-refractivity contribution in [2.24, 2.45) is 0 Å². The minimum Gasteiger partial charge on any atom is -0.398 e. The fraction of sp³-hybridized carbons (Fsp3) is 0.455. The number of alkyl halides is 15. The van der Waals surface area contributed by atoms with Crippen molar-refractivity contribution >= 4 is 11.4 Å². The first-order chi connectivity index (χ1) is 17.9. The first-order valence-electron chi connectivity index (χ1n) is 10.5. The molecule has 2 rings (SSSR count). The highest BCUT2D eigenvalue weighted by Crippen LogP contribution is 2.55. The summed E-state index contributed by atoms with van der Waals surface area (Å²) < 4.78 is 205. The maximum Gasteiger partial charge on any atom is 0.430 e. The van der Waals surface area contributed by atoms with Crippen molar-refractivity contribution in [3.63, 3.8) is 0 Å².